The molecular formula is C16H24N4O2. The van der Waals surface area contributed by atoms with Crippen LogP contribution in [0.4, 0.5) is 0 Å². The second-order valence-corrected chi connectivity index (χ2v) is 5.95. The van der Waals surface area contributed by atoms with E-state index in [0.29, 0.717) is 26.3 Å². The van der Waals surface area contributed by atoms with E-state index in [2.05, 4.69) is 21.8 Å². The van der Waals surface area contributed by atoms with Crippen LogP contribution in [0.1, 0.15) is 30.9 Å². The van der Waals surface area contributed by atoms with E-state index < -0.39 is 0 Å². The van der Waals surface area contributed by atoms with Gasteiger partial charge in [0, 0.05) is 38.8 Å². The van der Waals surface area contributed by atoms with Crippen LogP contribution in [0.25, 0.3) is 0 Å². The van der Waals surface area contributed by atoms with Crippen molar-refractivity contribution in [2.24, 2.45) is 0 Å². The Kier molecular flexibility index (Phi) is 4.69. The van der Waals surface area contributed by atoms with Gasteiger partial charge >= 0.3 is 0 Å². The molecule has 3 rings (SSSR count). The minimum atomic E-state index is -0.105. The zero-order valence-corrected chi connectivity index (χ0v) is 13.4. The SMILES string of the molecule is CCc1ncc2c(n1)CN([C@H](C)C(=O)N1CCOCC1)CC2. The van der Waals surface area contributed by atoms with Gasteiger partial charge in [-0.25, -0.2) is 9.97 Å². The molecule has 2 aliphatic heterocycles. The Morgan fingerprint density at radius 1 is 1.36 bits per heavy atom. The topological polar surface area (TPSA) is 58.6 Å². The first-order valence-electron chi connectivity index (χ1n) is 8.13. The maximum Gasteiger partial charge on any atom is 0.239 e. The Morgan fingerprint density at radius 2 is 2.14 bits per heavy atom. The first kappa shape index (κ1) is 15.4. The molecule has 0 spiro atoms. The molecule has 1 aromatic heterocycles. The molecule has 0 N–H and O–H groups in total. The van der Waals surface area contributed by atoms with E-state index >= 15 is 0 Å². The van der Waals surface area contributed by atoms with Crippen LogP contribution in [0.15, 0.2) is 6.20 Å². The maximum atomic E-state index is 12.6. The van der Waals surface area contributed by atoms with E-state index in [-0.39, 0.29) is 11.9 Å². The Morgan fingerprint density at radius 3 is 2.86 bits per heavy atom. The quantitative estimate of drug-likeness (QED) is 0.820. The number of carbonyl (C=O) groups is 1. The van der Waals surface area contributed by atoms with Crippen molar-refractivity contribution in [3.63, 3.8) is 0 Å². The summed E-state index contributed by atoms with van der Waals surface area (Å²) < 4.78 is 5.32. The van der Waals surface area contributed by atoms with Crippen LogP contribution in [0.2, 0.25) is 0 Å². The van der Waals surface area contributed by atoms with Crippen LogP contribution in [-0.4, -0.2) is 64.6 Å². The van der Waals surface area contributed by atoms with Crippen LogP contribution in [0, 0.1) is 0 Å². The van der Waals surface area contributed by atoms with Gasteiger partial charge in [-0.3, -0.25) is 9.69 Å². The number of aryl methyl sites for hydroxylation is 1. The van der Waals surface area contributed by atoms with Crippen molar-refractivity contribution in [2.75, 3.05) is 32.8 Å². The lowest BCUT2D eigenvalue weighted by molar-refractivity contribution is -0.140. The molecule has 3 heterocycles. The fourth-order valence-electron chi connectivity index (χ4n) is 3.07. The third-order valence-corrected chi connectivity index (χ3v) is 4.57. The highest BCUT2D eigenvalue weighted by atomic mass is 16.5. The predicted molar refractivity (Wildman–Crippen MR) is 82.4 cm³/mol. The highest BCUT2D eigenvalue weighted by Gasteiger charge is 2.30. The van der Waals surface area contributed by atoms with Gasteiger partial charge in [0.05, 0.1) is 24.9 Å². The molecule has 0 bridgehead atoms. The molecule has 1 fully saturated rings. The van der Waals surface area contributed by atoms with Crippen molar-refractivity contribution < 1.29 is 9.53 Å². The van der Waals surface area contributed by atoms with E-state index in [1.165, 1.54) is 5.56 Å². The van der Waals surface area contributed by atoms with Gasteiger partial charge in [-0.2, -0.15) is 0 Å². The molecule has 6 nitrogen and oxygen atoms in total. The number of morpholine rings is 1. The zero-order chi connectivity index (χ0) is 15.5. The molecule has 0 radical (unpaired) electrons. The Balaban J connectivity index is 1.68. The van der Waals surface area contributed by atoms with Gasteiger partial charge in [-0.15, -0.1) is 0 Å². The summed E-state index contributed by atoms with van der Waals surface area (Å²) in [4.78, 5) is 25.8. The van der Waals surface area contributed by atoms with E-state index in [1.807, 2.05) is 18.0 Å². The normalized spacial score (nSPS) is 20.5. The number of fused-ring (bicyclic) bond motifs is 1. The van der Waals surface area contributed by atoms with Gasteiger partial charge in [0.2, 0.25) is 5.91 Å². The van der Waals surface area contributed by atoms with Gasteiger partial charge in [-0.1, -0.05) is 6.92 Å². The first-order chi connectivity index (χ1) is 10.7. The van der Waals surface area contributed by atoms with Gasteiger partial charge in [0.1, 0.15) is 5.82 Å². The zero-order valence-electron chi connectivity index (χ0n) is 13.4. The van der Waals surface area contributed by atoms with Crippen LogP contribution in [-0.2, 0) is 28.9 Å². The number of nitrogens with zero attached hydrogens (tertiary/aromatic N) is 4. The Hall–Kier alpha value is -1.53. The molecule has 22 heavy (non-hydrogen) atoms. The molecule has 1 aromatic rings. The fraction of sp³-hybridized carbons (Fsp3) is 0.688. The minimum Gasteiger partial charge on any atom is -0.378 e. The van der Waals surface area contributed by atoms with Crippen molar-refractivity contribution in [1.29, 1.82) is 0 Å². The summed E-state index contributed by atoms with van der Waals surface area (Å²) in [6.45, 7) is 8.40. The summed E-state index contributed by atoms with van der Waals surface area (Å²) in [6.07, 6.45) is 3.71. The van der Waals surface area contributed by atoms with E-state index in [0.717, 1.165) is 37.4 Å². The molecule has 0 aromatic carbocycles. The van der Waals surface area contributed by atoms with E-state index in [4.69, 9.17) is 4.74 Å². The van der Waals surface area contributed by atoms with Crippen LogP contribution in [0.5, 0.6) is 0 Å². The van der Waals surface area contributed by atoms with Gasteiger partial charge in [-0.05, 0) is 18.9 Å². The van der Waals surface area contributed by atoms with Gasteiger partial charge < -0.3 is 9.64 Å². The molecule has 0 saturated carbocycles. The lowest BCUT2D eigenvalue weighted by Gasteiger charge is -2.36. The maximum absolute atomic E-state index is 12.6. The van der Waals surface area contributed by atoms with Gasteiger partial charge in [0.15, 0.2) is 0 Å². The molecule has 0 aliphatic carbocycles. The number of aromatic nitrogens is 2. The predicted octanol–water partition coefficient (Wildman–Crippen LogP) is 0.644. The monoisotopic (exact) mass is 304 g/mol. The van der Waals surface area contributed by atoms with Crippen molar-refractivity contribution >= 4 is 5.91 Å². The number of hydrogen-bond donors (Lipinski definition) is 0. The number of rotatable bonds is 3. The standard InChI is InChI=1S/C16H24N4O2/c1-3-15-17-10-13-4-5-20(11-14(13)18-15)12(2)16(21)19-6-8-22-9-7-19/h10,12H,3-9,11H2,1-2H3/t12-/m1/s1. The molecule has 1 atom stereocenters. The molecule has 6 heteroatoms. The van der Waals surface area contributed by atoms with Crippen LogP contribution in [0.3, 0.4) is 0 Å². The van der Waals surface area contributed by atoms with Crippen molar-refractivity contribution in [3.8, 4) is 0 Å². The highest BCUT2D eigenvalue weighted by molar-refractivity contribution is 5.81. The Bertz CT molecular complexity index is 543. The third kappa shape index (κ3) is 3.13. The smallest absolute Gasteiger partial charge is 0.239 e. The summed E-state index contributed by atoms with van der Waals surface area (Å²) in [5.41, 5.74) is 2.30. The lowest BCUT2D eigenvalue weighted by Crippen LogP contribution is -2.51. The van der Waals surface area contributed by atoms with Gasteiger partial charge in [0.25, 0.3) is 0 Å². The van der Waals surface area contributed by atoms with E-state index in [9.17, 15) is 4.79 Å². The number of amides is 1. The highest BCUT2D eigenvalue weighted by Crippen LogP contribution is 2.19. The second-order valence-electron chi connectivity index (χ2n) is 5.95. The first-order valence-corrected chi connectivity index (χ1v) is 8.13. The average molecular weight is 304 g/mol. The summed E-state index contributed by atoms with van der Waals surface area (Å²) >= 11 is 0. The average Bonchev–Trinajstić information content (AvgIpc) is 2.60. The number of hydrogen-bond acceptors (Lipinski definition) is 5. The molecule has 2 aliphatic rings. The van der Waals surface area contributed by atoms with Crippen LogP contribution >= 0.6 is 0 Å². The number of carbonyl (C=O) groups excluding carboxylic acids is 1. The second kappa shape index (κ2) is 6.71. The Labute approximate surface area is 131 Å². The molecule has 120 valence electrons. The van der Waals surface area contributed by atoms with E-state index in [1.54, 1.807) is 0 Å². The largest absolute Gasteiger partial charge is 0.378 e. The number of ether oxygens (including phenoxy) is 1. The molecule has 0 unspecified atom stereocenters. The third-order valence-electron chi connectivity index (χ3n) is 4.57. The van der Waals surface area contributed by atoms with Crippen molar-refractivity contribution in [2.45, 2.75) is 39.3 Å². The summed E-state index contributed by atoms with van der Waals surface area (Å²) in [5.74, 6) is 1.09. The van der Waals surface area contributed by atoms with Crippen molar-refractivity contribution in [1.82, 2.24) is 19.8 Å². The lowest BCUT2D eigenvalue weighted by atomic mass is 10.0. The summed E-state index contributed by atoms with van der Waals surface area (Å²) in [5, 5.41) is 0. The molecule has 1 amide bonds. The fourth-order valence-corrected chi connectivity index (χ4v) is 3.07. The molecule has 1 saturated heterocycles. The van der Waals surface area contributed by atoms with Crippen molar-refractivity contribution in [3.05, 3.63) is 23.3 Å². The van der Waals surface area contributed by atoms with Crippen LogP contribution < -0.4 is 0 Å². The molecular weight excluding hydrogens is 280 g/mol. The summed E-state index contributed by atoms with van der Waals surface area (Å²) in [6, 6.07) is -0.105. The summed E-state index contributed by atoms with van der Waals surface area (Å²) in [7, 11) is 0. The minimum absolute atomic E-state index is 0.105.